The minimum atomic E-state index is -0.650. The number of rotatable bonds is 6. The van der Waals surface area contributed by atoms with Crippen LogP contribution in [0, 0.1) is 5.82 Å². The summed E-state index contributed by atoms with van der Waals surface area (Å²) in [7, 11) is -0.650. The number of nitrogens with one attached hydrogen (secondary N) is 1. The molecule has 0 saturated carbocycles. The number of benzene rings is 1. The smallest absolute Gasteiger partial charge is 0.244 e. The van der Waals surface area contributed by atoms with E-state index in [4.69, 9.17) is 0 Å². The molecule has 1 saturated heterocycles. The number of carbonyl (C=O) groups excluding carboxylic acids is 1. The third kappa shape index (κ3) is 5.69. The summed E-state index contributed by atoms with van der Waals surface area (Å²) in [5.41, 5.74) is 0.402. The van der Waals surface area contributed by atoms with Crippen LogP contribution in [0.15, 0.2) is 30.3 Å². The first kappa shape index (κ1) is 16.8. The molecule has 1 heterocycles. The van der Waals surface area contributed by atoms with Gasteiger partial charge in [0.15, 0.2) is 0 Å². The zero-order valence-corrected chi connectivity index (χ0v) is 13.3. The molecule has 120 valence electrons. The third-order valence-corrected chi connectivity index (χ3v) is 4.82. The van der Waals surface area contributed by atoms with Gasteiger partial charge in [0, 0.05) is 53.6 Å². The quantitative estimate of drug-likeness (QED) is 0.636. The number of halogens is 1. The number of carbonyl (C=O) groups is 1. The molecule has 0 aliphatic carbocycles. The summed E-state index contributed by atoms with van der Waals surface area (Å²) >= 11 is 0. The maximum absolute atomic E-state index is 13.4. The minimum Gasteiger partial charge on any atom is -0.353 e. The van der Waals surface area contributed by atoms with Crippen LogP contribution >= 0.6 is 0 Å². The van der Waals surface area contributed by atoms with Crippen molar-refractivity contribution in [1.29, 1.82) is 0 Å². The van der Waals surface area contributed by atoms with E-state index in [9.17, 15) is 13.4 Å². The first-order chi connectivity index (χ1) is 10.6. The summed E-state index contributed by atoms with van der Waals surface area (Å²) in [5, 5.41) is 2.79. The normalized spacial score (nSPS) is 17.0. The van der Waals surface area contributed by atoms with Gasteiger partial charge >= 0.3 is 0 Å². The van der Waals surface area contributed by atoms with E-state index in [0.29, 0.717) is 12.1 Å². The average Bonchev–Trinajstić information content (AvgIpc) is 2.52. The molecule has 1 aliphatic heterocycles. The van der Waals surface area contributed by atoms with Gasteiger partial charge in [0.25, 0.3) is 0 Å². The minimum absolute atomic E-state index is 0.219. The van der Waals surface area contributed by atoms with E-state index in [1.165, 1.54) is 18.2 Å². The summed E-state index contributed by atoms with van der Waals surface area (Å²) < 4.78 is 24.6. The van der Waals surface area contributed by atoms with Gasteiger partial charge in [-0.25, -0.2) is 4.39 Å². The number of amides is 1. The van der Waals surface area contributed by atoms with Crippen molar-refractivity contribution in [3.05, 3.63) is 41.7 Å². The fraction of sp³-hybridized carbons (Fsp3) is 0.438. The van der Waals surface area contributed by atoms with Crippen LogP contribution in [0.1, 0.15) is 12.0 Å². The molecule has 6 heteroatoms. The first-order valence-corrected chi connectivity index (χ1v) is 8.92. The lowest BCUT2D eigenvalue weighted by atomic mass is 10.2. The third-order valence-electron chi connectivity index (χ3n) is 3.54. The Kier molecular flexibility index (Phi) is 6.74. The average molecular weight is 324 g/mol. The van der Waals surface area contributed by atoms with Gasteiger partial charge in [0.2, 0.25) is 5.91 Å². The van der Waals surface area contributed by atoms with Gasteiger partial charge in [0.05, 0.1) is 0 Å². The van der Waals surface area contributed by atoms with Crippen LogP contribution in [0.3, 0.4) is 0 Å². The van der Waals surface area contributed by atoms with E-state index in [1.807, 2.05) is 0 Å². The lowest BCUT2D eigenvalue weighted by Crippen LogP contribution is -2.39. The Bertz CT molecular complexity index is 553. The molecule has 0 unspecified atom stereocenters. The predicted octanol–water partition coefficient (Wildman–Crippen LogP) is 1.41. The van der Waals surface area contributed by atoms with Crippen molar-refractivity contribution in [2.75, 3.05) is 37.7 Å². The highest BCUT2D eigenvalue weighted by Gasteiger charge is 2.14. The summed E-state index contributed by atoms with van der Waals surface area (Å²) in [5.74, 6) is 0.937. The van der Waals surface area contributed by atoms with Gasteiger partial charge in [-0.15, -0.1) is 0 Å². The summed E-state index contributed by atoms with van der Waals surface area (Å²) in [6, 6.07) is 6.33. The maximum Gasteiger partial charge on any atom is 0.244 e. The van der Waals surface area contributed by atoms with E-state index in [-0.39, 0.29) is 11.7 Å². The van der Waals surface area contributed by atoms with E-state index < -0.39 is 10.8 Å². The van der Waals surface area contributed by atoms with E-state index >= 15 is 0 Å². The molecule has 22 heavy (non-hydrogen) atoms. The molecular formula is C16H21FN2O2S. The van der Waals surface area contributed by atoms with Crippen LogP contribution < -0.4 is 5.32 Å². The molecule has 1 aliphatic rings. The molecule has 0 atom stereocenters. The van der Waals surface area contributed by atoms with Gasteiger partial charge < -0.3 is 10.2 Å². The number of hydrogen-bond acceptors (Lipinski definition) is 3. The van der Waals surface area contributed by atoms with Crippen molar-refractivity contribution in [1.82, 2.24) is 10.2 Å². The highest BCUT2D eigenvalue weighted by Crippen LogP contribution is 2.07. The summed E-state index contributed by atoms with van der Waals surface area (Å²) in [6.07, 6.45) is 3.68. The van der Waals surface area contributed by atoms with Gasteiger partial charge in [0.1, 0.15) is 5.82 Å². The Morgan fingerprint density at radius 2 is 2.05 bits per heavy atom. The van der Waals surface area contributed by atoms with E-state index in [1.54, 1.807) is 18.2 Å². The Labute approximate surface area is 132 Å². The van der Waals surface area contributed by atoms with Gasteiger partial charge in [-0.1, -0.05) is 18.2 Å². The van der Waals surface area contributed by atoms with Crippen molar-refractivity contribution in [2.24, 2.45) is 0 Å². The molecule has 1 N–H and O–H groups in total. The number of nitrogens with zero attached hydrogens (tertiary/aromatic N) is 1. The molecule has 0 spiro atoms. The highest BCUT2D eigenvalue weighted by molar-refractivity contribution is 7.85. The van der Waals surface area contributed by atoms with Crippen molar-refractivity contribution in [2.45, 2.75) is 6.42 Å². The first-order valence-electron chi connectivity index (χ1n) is 7.43. The predicted molar refractivity (Wildman–Crippen MR) is 87.4 cm³/mol. The lowest BCUT2D eigenvalue weighted by molar-refractivity contribution is -0.116. The molecule has 2 rings (SSSR count). The fourth-order valence-electron chi connectivity index (χ4n) is 2.25. The largest absolute Gasteiger partial charge is 0.353 e. The standard InChI is InChI=1S/C16H21FN2O2S/c17-15-5-2-1-4-14(15)6-7-16(20)18-8-3-9-19-10-12-22(21)13-11-19/h1-2,4-7H,3,8-13H2,(H,18,20)/b7-6+. The molecule has 0 bridgehead atoms. The Balaban J connectivity index is 1.64. The lowest BCUT2D eigenvalue weighted by Gasteiger charge is -2.25. The van der Waals surface area contributed by atoms with Gasteiger partial charge in [-0.3, -0.25) is 9.00 Å². The second kappa shape index (κ2) is 8.80. The second-order valence-corrected chi connectivity index (χ2v) is 6.89. The SMILES string of the molecule is O=C(/C=C/c1ccccc1F)NCCCN1CCS(=O)CC1. The molecule has 0 aromatic heterocycles. The van der Waals surface area contributed by atoms with Crippen LogP contribution in [0.4, 0.5) is 4.39 Å². The topological polar surface area (TPSA) is 49.4 Å². The van der Waals surface area contributed by atoms with E-state index in [0.717, 1.165) is 37.6 Å². The van der Waals surface area contributed by atoms with Crippen molar-refractivity contribution < 1.29 is 13.4 Å². The van der Waals surface area contributed by atoms with Crippen molar-refractivity contribution >= 4 is 22.8 Å². The summed E-state index contributed by atoms with van der Waals surface area (Å²) in [6.45, 7) is 3.22. The molecule has 1 aromatic carbocycles. The van der Waals surface area contributed by atoms with Crippen molar-refractivity contribution in [3.8, 4) is 0 Å². The maximum atomic E-state index is 13.4. The summed E-state index contributed by atoms with van der Waals surface area (Å²) in [4.78, 5) is 13.9. The van der Waals surface area contributed by atoms with Crippen LogP contribution in [0.5, 0.6) is 0 Å². The van der Waals surface area contributed by atoms with E-state index in [2.05, 4.69) is 10.2 Å². The molecule has 0 radical (unpaired) electrons. The monoisotopic (exact) mass is 324 g/mol. The molecule has 1 aromatic rings. The molecular weight excluding hydrogens is 303 g/mol. The van der Waals surface area contributed by atoms with Crippen LogP contribution in [-0.4, -0.2) is 52.7 Å². The Morgan fingerprint density at radius 1 is 1.32 bits per heavy atom. The van der Waals surface area contributed by atoms with Crippen LogP contribution in [0.2, 0.25) is 0 Å². The molecule has 1 fully saturated rings. The van der Waals surface area contributed by atoms with Crippen LogP contribution in [0.25, 0.3) is 6.08 Å². The Hall–Kier alpha value is -1.53. The van der Waals surface area contributed by atoms with Crippen molar-refractivity contribution in [3.63, 3.8) is 0 Å². The fourth-order valence-corrected chi connectivity index (χ4v) is 3.38. The molecule has 4 nitrogen and oxygen atoms in total. The molecule has 1 amide bonds. The van der Waals surface area contributed by atoms with Gasteiger partial charge in [-0.05, 0) is 25.1 Å². The van der Waals surface area contributed by atoms with Crippen LogP contribution in [-0.2, 0) is 15.6 Å². The zero-order valence-electron chi connectivity index (χ0n) is 12.5. The second-order valence-electron chi connectivity index (χ2n) is 5.19. The van der Waals surface area contributed by atoms with Gasteiger partial charge in [-0.2, -0.15) is 0 Å². The Morgan fingerprint density at radius 3 is 2.77 bits per heavy atom. The zero-order chi connectivity index (χ0) is 15.8. The highest BCUT2D eigenvalue weighted by atomic mass is 32.2. The number of hydrogen-bond donors (Lipinski definition) is 1.